The predicted molar refractivity (Wildman–Crippen MR) is 98.3 cm³/mol. The van der Waals surface area contributed by atoms with Crippen LogP contribution in [0.2, 0.25) is 0 Å². The molecule has 120 valence electrons. The number of hydrogen-bond donors (Lipinski definition) is 1. The lowest BCUT2D eigenvalue weighted by atomic mass is 10.2. The Bertz CT molecular complexity index is 636. The van der Waals surface area contributed by atoms with E-state index in [0.717, 1.165) is 23.7 Å². The molecule has 0 saturated carbocycles. The van der Waals surface area contributed by atoms with Gasteiger partial charge in [-0.2, -0.15) is 0 Å². The van der Waals surface area contributed by atoms with Crippen LogP contribution >= 0.6 is 11.8 Å². The number of rotatable bonds is 5. The summed E-state index contributed by atoms with van der Waals surface area (Å²) >= 11 is 1.57. The Balaban J connectivity index is 1.56. The number of benzene rings is 2. The molecule has 0 bridgehead atoms. The minimum absolute atomic E-state index is 0.0350. The number of carbonyl (C=O) groups excluding carboxylic acids is 1. The third-order valence-corrected chi connectivity index (χ3v) is 5.14. The van der Waals surface area contributed by atoms with Gasteiger partial charge in [0.1, 0.15) is 0 Å². The fourth-order valence-electron chi connectivity index (χ4n) is 2.73. The Hall–Kier alpha value is -1.94. The van der Waals surface area contributed by atoms with Crippen molar-refractivity contribution in [2.45, 2.75) is 29.9 Å². The first-order valence-corrected chi connectivity index (χ1v) is 8.98. The molecule has 3 rings (SSSR count). The maximum Gasteiger partial charge on any atom is 0.237 e. The van der Waals surface area contributed by atoms with Gasteiger partial charge in [-0.3, -0.25) is 4.79 Å². The molecule has 3 nitrogen and oxygen atoms in total. The fourth-order valence-corrected chi connectivity index (χ4v) is 3.62. The molecule has 1 saturated heterocycles. The monoisotopic (exact) mass is 326 g/mol. The summed E-state index contributed by atoms with van der Waals surface area (Å²) < 4.78 is 0. The smallest absolute Gasteiger partial charge is 0.237 e. The van der Waals surface area contributed by atoms with Crippen molar-refractivity contribution in [3.8, 4) is 0 Å². The van der Waals surface area contributed by atoms with Crippen LogP contribution < -0.4 is 10.2 Å². The van der Waals surface area contributed by atoms with Gasteiger partial charge in [0.05, 0.1) is 5.25 Å². The summed E-state index contributed by atoms with van der Waals surface area (Å²) in [6, 6.07) is 18.2. The average molecular weight is 326 g/mol. The van der Waals surface area contributed by atoms with Gasteiger partial charge in [-0.05, 0) is 56.2 Å². The van der Waals surface area contributed by atoms with Gasteiger partial charge in [-0.1, -0.05) is 18.2 Å². The van der Waals surface area contributed by atoms with E-state index in [4.69, 9.17) is 0 Å². The van der Waals surface area contributed by atoms with Gasteiger partial charge >= 0.3 is 0 Å². The molecular weight excluding hydrogens is 304 g/mol. The number of carbonyl (C=O) groups is 1. The van der Waals surface area contributed by atoms with E-state index >= 15 is 0 Å². The standard InChI is InChI=1S/C19H22N2OS/c1-15(23-18-7-3-2-4-8-18)19(22)20-16-9-11-17(12-10-16)21-13-5-6-14-21/h2-4,7-12,15H,5-6,13-14H2,1H3,(H,20,22)/t15-/m1/s1. The van der Waals surface area contributed by atoms with Gasteiger partial charge in [0.15, 0.2) is 0 Å². The Kier molecular flexibility index (Phi) is 5.23. The van der Waals surface area contributed by atoms with Crippen molar-refractivity contribution in [2.75, 3.05) is 23.3 Å². The van der Waals surface area contributed by atoms with E-state index in [1.54, 1.807) is 11.8 Å². The van der Waals surface area contributed by atoms with Crippen LogP contribution in [0.5, 0.6) is 0 Å². The maximum absolute atomic E-state index is 12.3. The van der Waals surface area contributed by atoms with E-state index in [9.17, 15) is 4.79 Å². The molecule has 4 heteroatoms. The third kappa shape index (κ3) is 4.29. The molecule has 0 radical (unpaired) electrons. The van der Waals surface area contributed by atoms with Crippen molar-refractivity contribution < 1.29 is 4.79 Å². The number of thioether (sulfide) groups is 1. The molecule has 1 heterocycles. The molecule has 0 aliphatic carbocycles. The lowest BCUT2D eigenvalue weighted by molar-refractivity contribution is -0.115. The number of hydrogen-bond acceptors (Lipinski definition) is 3. The van der Waals surface area contributed by atoms with Gasteiger partial charge in [-0.25, -0.2) is 0 Å². The molecule has 1 N–H and O–H groups in total. The molecule has 1 aliphatic rings. The van der Waals surface area contributed by atoms with Crippen LogP contribution in [0.3, 0.4) is 0 Å². The molecular formula is C19H22N2OS. The van der Waals surface area contributed by atoms with E-state index in [1.807, 2.05) is 49.4 Å². The third-order valence-electron chi connectivity index (χ3n) is 4.03. The van der Waals surface area contributed by atoms with Crippen molar-refractivity contribution in [1.82, 2.24) is 0 Å². The predicted octanol–water partition coefficient (Wildman–Crippen LogP) is 4.41. The molecule has 2 aromatic carbocycles. The molecule has 1 fully saturated rings. The lowest BCUT2D eigenvalue weighted by Crippen LogP contribution is -2.22. The van der Waals surface area contributed by atoms with E-state index in [0.29, 0.717) is 0 Å². The van der Waals surface area contributed by atoms with Gasteiger partial charge in [0.2, 0.25) is 5.91 Å². The van der Waals surface area contributed by atoms with Crippen molar-refractivity contribution in [2.24, 2.45) is 0 Å². The Morgan fingerprint density at radius 1 is 1.04 bits per heavy atom. The first kappa shape index (κ1) is 15.9. The van der Waals surface area contributed by atoms with Crippen molar-refractivity contribution in [3.05, 3.63) is 54.6 Å². The topological polar surface area (TPSA) is 32.3 Å². The van der Waals surface area contributed by atoms with Crippen LogP contribution in [0.1, 0.15) is 19.8 Å². The summed E-state index contributed by atoms with van der Waals surface area (Å²) in [5.41, 5.74) is 2.10. The van der Waals surface area contributed by atoms with E-state index in [1.165, 1.54) is 18.5 Å². The second-order valence-electron chi connectivity index (χ2n) is 5.80. The van der Waals surface area contributed by atoms with Crippen LogP contribution in [-0.4, -0.2) is 24.2 Å². The van der Waals surface area contributed by atoms with Gasteiger partial charge < -0.3 is 10.2 Å². The van der Waals surface area contributed by atoms with Gasteiger partial charge in [0.25, 0.3) is 0 Å². The summed E-state index contributed by atoms with van der Waals surface area (Å²) in [4.78, 5) is 15.8. The highest BCUT2D eigenvalue weighted by Gasteiger charge is 2.15. The van der Waals surface area contributed by atoms with E-state index in [-0.39, 0.29) is 11.2 Å². The summed E-state index contributed by atoms with van der Waals surface area (Å²) in [6.45, 7) is 4.21. The molecule has 0 unspecified atom stereocenters. The van der Waals surface area contributed by atoms with Crippen LogP contribution in [0.15, 0.2) is 59.5 Å². The molecule has 0 aromatic heterocycles. The summed E-state index contributed by atoms with van der Waals surface area (Å²) in [6.07, 6.45) is 2.54. The van der Waals surface area contributed by atoms with Crippen molar-refractivity contribution >= 4 is 29.0 Å². The van der Waals surface area contributed by atoms with Crippen LogP contribution in [-0.2, 0) is 4.79 Å². The van der Waals surface area contributed by atoms with Crippen LogP contribution in [0.4, 0.5) is 11.4 Å². The highest BCUT2D eigenvalue weighted by atomic mass is 32.2. The SMILES string of the molecule is C[C@@H](Sc1ccccc1)C(=O)Nc1ccc(N2CCCC2)cc1. The Labute approximate surface area is 142 Å². The van der Waals surface area contributed by atoms with Crippen molar-refractivity contribution in [3.63, 3.8) is 0 Å². The Morgan fingerprint density at radius 3 is 2.35 bits per heavy atom. The van der Waals surface area contributed by atoms with Crippen molar-refractivity contribution in [1.29, 1.82) is 0 Å². The molecule has 2 aromatic rings. The second kappa shape index (κ2) is 7.55. The molecule has 23 heavy (non-hydrogen) atoms. The quantitative estimate of drug-likeness (QED) is 0.826. The molecule has 1 aliphatic heterocycles. The van der Waals surface area contributed by atoms with Gasteiger partial charge in [0, 0.05) is 29.4 Å². The fraction of sp³-hybridized carbons (Fsp3) is 0.316. The summed E-state index contributed by atoms with van der Waals surface area (Å²) in [5.74, 6) is 0.0350. The number of nitrogens with one attached hydrogen (secondary N) is 1. The minimum Gasteiger partial charge on any atom is -0.372 e. The zero-order chi connectivity index (χ0) is 16.1. The first-order chi connectivity index (χ1) is 11.2. The van der Waals surface area contributed by atoms with Crippen LogP contribution in [0, 0.1) is 0 Å². The zero-order valence-corrected chi connectivity index (χ0v) is 14.2. The second-order valence-corrected chi connectivity index (χ2v) is 7.22. The average Bonchev–Trinajstić information content (AvgIpc) is 3.11. The normalized spacial score (nSPS) is 15.4. The number of anilines is 2. The minimum atomic E-state index is -0.129. The van der Waals surface area contributed by atoms with Gasteiger partial charge in [-0.15, -0.1) is 11.8 Å². The summed E-state index contributed by atoms with van der Waals surface area (Å²) in [7, 11) is 0. The molecule has 1 amide bonds. The highest BCUT2D eigenvalue weighted by Crippen LogP contribution is 2.25. The number of amides is 1. The largest absolute Gasteiger partial charge is 0.372 e. The highest BCUT2D eigenvalue weighted by molar-refractivity contribution is 8.00. The Morgan fingerprint density at radius 2 is 1.70 bits per heavy atom. The van der Waals surface area contributed by atoms with E-state index in [2.05, 4.69) is 22.3 Å². The van der Waals surface area contributed by atoms with Crippen LogP contribution in [0.25, 0.3) is 0 Å². The summed E-state index contributed by atoms with van der Waals surface area (Å²) in [5, 5.41) is 2.87. The molecule has 0 spiro atoms. The lowest BCUT2D eigenvalue weighted by Gasteiger charge is -2.18. The number of nitrogens with zero attached hydrogens (tertiary/aromatic N) is 1. The first-order valence-electron chi connectivity index (χ1n) is 8.10. The maximum atomic E-state index is 12.3. The molecule has 1 atom stereocenters. The zero-order valence-electron chi connectivity index (χ0n) is 13.4. The van der Waals surface area contributed by atoms with E-state index < -0.39 is 0 Å².